The second-order valence-electron chi connectivity index (χ2n) is 5.73. The van der Waals surface area contributed by atoms with Gasteiger partial charge in [0.2, 0.25) is 0 Å². The van der Waals surface area contributed by atoms with E-state index in [1.165, 1.54) is 21.1 Å². The first-order chi connectivity index (χ1) is 11.9. The van der Waals surface area contributed by atoms with E-state index in [0.717, 1.165) is 12.0 Å². The first kappa shape index (κ1) is 17.6. The first-order valence-corrected chi connectivity index (χ1v) is 9.14. The van der Waals surface area contributed by atoms with E-state index in [1.54, 1.807) is 25.4 Å². The number of amides is 1. The van der Waals surface area contributed by atoms with Crippen molar-refractivity contribution in [1.29, 1.82) is 0 Å². The van der Waals surface area contributed by atoms with Crippen molar-refractivity contribution in [2.24, 2.45) is 0 Å². The lowest BCUT2D eigenvalue weighted by molar-refractivity contribution is -0.121. The number of nitrogens with one attached hydrogen (secondary N) is 1. The van der Waals surface area contributed by atoms with E-state index in [1.807, 2.05) is 19.9 Å². The number of nitrogens with zero attached hydrogens (tertiary/aromatic N) is 3. The monoisotopic (exact) mass is 374 g/mol. The third kappa shape index (κ3) is 3.19. The third-order valence-electron chi connectivity index (χ3n) is 3.89. The Labute approximate surface area is 154 Å². The molecule has 0 saturated carbocycles. The molecular formula is C17H18N4O2S2. The number of aryl methyl sites for hydroxylation is 1. The molecule has 0 unspecified atom stereocenters. The Kier molecular flexibility index (Phi) is 4.91. The number of carbonyl (C=O) groups excluding carboxylic acids is 1. The fourth-order valence-corrected chi connectivity index (χ4v) is 3.66. The smallest absolute Gasteiger partial charge is 0.267 e. The summed E-state index contributed by atoms with van der Waals surface area (Å²) in [6, 6.07) is 3.72. The zero-order chi connectivity index (χ0) is 18.1. The molecule has 1 aliphatic rings. The van der Waals surface area contributed by atoms with Crippen LogP contribution in [0.2, 0.25) is 0 Å². The SMILES string of the molecule is CCCNc1nc2c(C)cccn2c(=O)c1/C=C1/SC(=S)N(C)C1=O. The van der Waals surface area contributed by atoms with Crippen molar-refractivity contribution in [2.45, 2.75) is 20.3 Å². The van der Waals surface area contributed by atoms with Gasteiger partial charge in [-0.2, -0.15) is 0 Å². The van der Waals surface area contributed by atoms with Gasteiger partial charge in [0.05, 0.1) is 10.5 Å². The van der Waals surface area contributed by atoms with Crippen LogP contribution in [0.3, 0.4) is 0 Å². The van der Waals surface area contributed by atoms with Crippen LogP contribution in [0.1, 0.15) is 24.5 Å². The minimum Gasteiger partial charge on any atom is -0.369 e. The molecule has 2 aromatic heterocycles. The molecule has 1 N–H and O–H groups in total. The van der Waals surface area contributed by atoms with Gasteiger partial charge in [0.15, 0.2) is 0 Å². The minimum absolute atomic E-state index is 0.204. The van der Waals surface area contributed by atoms with Crippen LogP contribution in [0.5, 0.6) is 0 Å². The summed E-state index contributed by atoms with van der Waals surface area (Å²) in [5, 5.41) is 3.20. The highest BCUT2D eigenvalue weighted by Gasteiger charge is 2.29. The van der Waals surface area contributed by atoms with Crippen molar-refractivity contribution in [1.82, 2.24) is 14.3 Å². The van der Waals surface area contributed by atoms with Gasteiger partial charge in [-0.3, -0.25) is 18.9 Å². The van der Waals surface area contributed by atoms with Crippen molar-refractivity contribution in [3.8, 4) is 0 Å². The number of anilines is 1. The number of fused-ring (bicyclic) bond motifs is 1. The van der Waals surface area contributed by atoms with Gasteiger partial charge >= 0.3 is 0 Å². The number of carbonyl (C=O) groups is 1. The van der Waals surface area contributed by atoms with Gasteiger partial charge in [-0.05, 0) is 31.1 Å². The number of likely N-dealkylation sites (N-methyl/N-ethyl adjacent to an activating group) is 1. The quantitative estimate of drug-likeness (QED) is 0.656. The van der Waals surface area contributed by atoms with E-state index in [9.17, 15) is 9.59 Å². The topological polar surface area (TPSA) is 66.7 Å². The summed E-state index contributed by atoms with van der Waals surface area (Å²) < 4.78 is 1.98. The van der Waals surface area contributed by atoms with E-state index in [-0.39, 0.29) is 11.5 Å². The molecule has 0 radical (unpaired) electrons. The molecular weight excluding hydrogens is 356 g/mol. The van der Waals surface area contributed by atoms with Crippen molar-refractivity contribution < 1.29 is 4.79 Å². The average Bonchev–Trinajstić information content (AvgIpc) is 2.83. The van der Waals surface area contributed by atoms with Crippen molar-refractivity contribution >= 4 is 51.7 Å². The molecule has 0 bridgehead atoms. The molecule has 6 nitrogen and oxygen atoms in total. The summed E-state index contributed by atoms with van der Waals surface area (Å²) in [5.74, 6) is 0.285. The van der Waals surface area contributed by atoms with Gasteiger partial charge in [-0.1, -0.05) is 37.0 Å². The normalized spacial score (nSPS) is 16.3. The molecule has 3 rings (SSSR count). The lowest BCUT2D eigenvalue weighted by atomic mass is 10.2. The van der Waals surface area contributed by atoms with Gasteiger partial charge in [0.1, 0.15) is 15.8 Å². The molecule has 8 heteroatoms. The van der Waals surface area contributed by atoms with Gasteiger partial charge in [0, 0.05) is 19.8 Å². The first-order valence-electron chi connectivity index (χ1n) is 7.91. The van der Waals surface area contributed by atoms with Gasteiger partial charge in [-0.25, -0.2) is 4.98 Å². The van der Waals surface area contributed by atoms with E-state index in [4.69, 9.17) is 12.2 Å². The molecule has 1 saturated heterocycles. The molecule has 1 aliphatic heterocycles. The zero-order valence-corrected chi connectivity index (χ0v) is 15.8. The minimum atomic E-state index is -0.214. The van der Waals surface area contributed by atoms with Gasteiger partial charge in [-0.15, -0.1) is 0 Å². The molecule has 25 heavy (non-hydrogen) atoms. The molecule has 2 aromatic rings. The maximum Gasteiger partial charge on any atom is 0.267 e. The summed E-state index contributed by atoms with van der Waals surface area (Å²) in [7, 11) is 1.63. The second-order valence-corrected chi connectivity index (χ2v) is 7.41. The maximum atomic E-state index is 13.0. The van der Waals surface area contributed by atoms with Crippen molar-refractivity contribution in [2.75, 3.05) is 18.9 Å². The Morgan fingerprint density at radius 2 is 2.16 bits per heavy atom. The van der Waals surface area contributed by atoms with Gasteiger partial charge in [0.25, 0.3) is 11.5 Å². The summed E-state index contributed by atoms with van der Waals surface area (Å²) >= 11 is 6.35. The van der Waals surface area contributed by atoms with Crippen molar-refractivity contribution in [3.05, 3.63) is 44.7 Å². The number of pyridine rings is 1. The fraction of sp³-hybridized carbons (Fsp3) is 0.294. The standard InChI is InChI=1S/C17H18N4O2S2/c1-4-7-18-13-11(9-12-16(23)20(3)17(24)25-12)15(22)21-8-5-6-10(2)14(21)19-13/h5-6,8-9,18H,4,7H2,1-3H3/b12-9+. The average molecular weight is 374 g/mol. The predicted molar refractivity (Wildman–Crippen MR) is 106 cm³/mol. The van der Waals surface area contributed by atoms with Crippen LogP contribution in [-0.4, -0.2) is 38.1 Å². The zero-order valence-electron chi connectivity index (χ0n) is 14.2. The molecule has 130 valence electrons. The summed E-state index contributed by atoms with van der Waals surface area (Å²) in [6.07, 6.45) is 4.17. The van der Waals surface area contributed by atoms with Gasteiger partial charge < -0.3 is 5.32 Å². The summed E-state index contributed by atoms with van der Waals surface area (Å²) in [4.78, 5) is 31.7. The Morgan fingerprint density at radius 1 is 1.40 bits per heavy atom. The molecule has 1 amide bonds. The number of hydrogen-bond acceptors (Lipinski definition) is 6. The van der Waals surface area contributed by atoms with Crippen LogP contribution in [-0.2, 0) is 4.79 Å². The lowest BCUT2D eigenvalue weighted by Gasteiger charge is -2.11. The van der Waals surface area contributed by atoms with Crippen molar-refractivity contribution in [3.63, 3.8) is 0 Å². The maximum absolute atomic E-state index is 13.0. The van der Waals surface area contributed by atoms with Crippen LogP contribution >= 0.6 is 24.0 Å². The van der Waals surface area contributed by atoms with E-state index in [2.05, 4.69) is 10.3 Å². The van der Waals surface area contributed by atoms with E-state index < -0.39 is 0 Å². The third-order valence-corrected chi connectivity index (χ3v) is 5.37. The molecule has 1 fully saturated rings. The number of rotatable bonds is 4. The largest absolute Gasteiger partial charge is 0.369 e. The second kappa shape index (κ2) is 6.97. The Balaban J connectivity index is 2.22. The summed E-state index contributed by atoms with van der Waals surface area (Å²) in [6.45, 7) is 4.63. The highest BCUT2D eigenvalue weighted by Crippen LogP contribution is 2.31. The molecule has 3 heterocycles. The molecule has 0 aromatic carbocycles. The van der Waals surface area contributed by atoms with Crippen LogP contribution in [0.15, 0.2) is 28.0 Å². The number of thioether (sulfide) groups is 1. The van der Waals surface area contributed by atoms with E-state index >= 15 is 0 Å². The predicted octanol–water partition coefficient (Wildman–Crippen LogP) is 2.66. The van der Waals surface area contributed by atoms with E-state index in [0.29, 0.717) is 32.8 Å². The highest BCUT2D eigenvalue weighted by atomic mass is 32.2. The highest BCUT2D eigenvalue weighted by molar-refractivity contribution is 8.26. The molecule has 0 aliphatic carbocycles. The number of thiocarbonyl (C=S) groups is 1. The van der Waals surface area contributed by atoms with Crippen LogP contribution in [0.4, 0.5) is 5.82 Å². The molecule has 0 spiro atoms. The van der Waals surface area contributed by atoms with Crippen LogP contribution < -0.4 is 10.9 Å². The Bertz CT molecular complexity index is 965. The van der Waals surface area contributed by atoms with Crippen LogP contribution in [0.25, 0.3) is 11.7 Å². The Hall–Kier alpha value is -2.19. The number of hydrogen-bond donors (Lipinski definition) is 1. The number of aromatic nitrogens is 2. The molecule has 0 atom stereocenters. The summed E-state index contributed by atoms with van der Waals surface area (Å²) in [5.41, 5.74) is 1.66. The Morgan fingerprint density at radius 3 is 2.80 bits per heavy atom. The lowest BCUT2D eigenvalue weighted by Crippen LogP contribution is -2.23. The van der Waals surface area contributed by atoms with Crippen LogP contribution in [0, 0.1) is 6.92 Å². The fourth-order valence-electron chi connectivity index (χ4n) is 2.50.